The molecule has 0 saturated carbocycles. The van der Waals surface area contributed by atoms with Crippen LogP contribution in [0.4, 0.5) is 5.69 Å². The van der Waals surface area contributed by atoms with E-state index in [0.717, 1.165) is 4.90 Å². The lowest BCUT2D eigenvalue weighted by molar-refractivity contribution is 0.0926. The molecular weight excluding hydrogens is 256 g/mol. The lowest BCUT2D eigenvalue weighted by atomic mass is 10.1. The van der Waals surface area contributed by atoms with E-state index in [1.54, 1.807) is 42.5 Å². The predicted octanol–water partition coefficient (Wildman–Crippen LogP) is 1.76. The fraction of sp³-hybridized carbons (Fsp3) is 0. The molecule has 2 amide bonds. The summed E-state index contributed by atoms with van der Waals surface area (Å²) in [6.07, 6.45) is 0. The van der Waals surface area contributed by atoms with Crippen molar-refractivity contribution in [3.05, 3.63) is 53.6 Å². The summed E-state index contributed by atoms with van der Waals surface area (Å²) >= 11 is 0. The van der Waals surface area contributed by atoms with E-state index in [0.29, 0.717) is 27.8 Å². The van der Waals surface area contributed by atoms with Crippen molar-refractivity contribution < 1.29 is 9.59 Å². The van der Waals surface area contributed by atoms with Crippen LogP contribution in [0.15, 0.2) is 42.5 Å². The normalized spacial score (nSPS) is 14.1. The number of benzene rings is 2. The molecule has 0 saturated heterocycles. The second-order valence-electron chi connectivity index (χ2n) is 4.46. The molecule has 1 aliphatic rings. The summed E-state index contributed by atoms with van der Waals surface area (Å²) in [6.45, 7) is 0. The van der Waals surface area contributed by atoms with E-state index in [2.05, 4.69) is 15.4 Å². The molecule has 4 rings (SSSR count). The van der Waals surface area contributed by atoms with Crippen molar-refractivity contribution in [1.82, 2.24) is 15.4 Å². The molecule has 0 aliphatic carbocycles. The van der Waals surface area contributed by atoms with Gasteiger partial charge >= 0.3 is 0 Å². The summed E-state index contributed by atoms with van der Waals surface area (Å²) in [5.41, 5.74) is 2.39. The number of H-pyrrole nitrogens is 1. The summed E-state index contributed by atoms with van der Waals surface area (Å²) < 4.78 is 0. The Morgan fingerprint density at radius 3 is 2.25 bits per heavy atom. The molecule has 0 radical (unpaired) electrons. The summed E-state index contributed by atoms with van der Waals surface area (Å²) in [4.78, 5) is 26.0. The quantitative estimate of drug-likeness (QED) is 0.679. The van der Waals surface area contributed by atoms with E-state index < -0.39 is 0 Å². The number of hydrogen-bond acceptors (Lipinski definition) is 4. The van der Waals surface area contributed by atoms with Crippen LogP contribution in [0.5, 0.6) is 0 Å². The highest BCUT2D eigenvalue weighted by atomic mass is 16.2. The molecule has 1 aliphatic heterocycles. The maximum atomic E-state index is 12.4. The SMILES string of the molecule is O=C1c2ccccc2C(=O)N1c1cccc2n[nH]nc12. The van der Waals surface area contributed by atoms with E-state index in [-0.39, 0.29) is 11.8 Å². The number of aromatic amines is 1. The van der Waals surface area contributed by atoms with E-state index in [1.807, 2.05) is 0 Å². The number of para-hydroxylation sites is 1. The zero-order valence-corrected chi connectivity index (χ0v) is 10.2. The Balaban J connectivity index is 1.95. The van der Waals surface area contributed by atoms with E-state index in [4.69, 9.17) is 0 Å². The van der Waals surface area contributed by atoms with Crippen LogP contribution in [0.2, 0.25) is 0 Å². The monoisotopic (exact) mass is 264 g/mol. The number of aromatic nitrogens is 3. The van der Waals surface area contributed by atoms with E-state index in [1.165, 1.54) is 0 Å². The molecule has 0 bridgehead atoms. The Kier molecular flexibility index (Phi) is 2.03. The topological polar surface area (TPSA) is 79.0 Å². The Morgan fingerprint density at radius 1 is 0.850 bits per heavy atom. The van der Waals surface area contributed by atoms with Crippen LogP contribution in [0.25, 0.3) is 11.0 Å². The van der Waals surface area contributed by atoms with Crippen LogP contribution in [-0.2, 0) is 0 Å². The Hall–Kier alpha value is -3.02. The Morgan fingerprint density at radius 2 is 1.55 bits per heavy atom. The van der Waals surface area contributed by atoms with Gasteiger partial charge in [0.05, 0.1) is 16.8 Å². The zero-order chi connectivity index (χ0) is 13.7. The average Bonchev–Trinajstić information content (AvgIpc) is 3.04. The Bertz CT molecular complexity index is 833. The number of carbonyl (C=O) groups excluding carboxylic acids is 2. The van der Waals surface area contributed by atoms with Crippen molar-refractivity contribution in [3.63, 3.8) is 0 Å². The first kappa shape index (κ1) is 10.9. The number of amides is 2. The van der Waals surface area contributed by atoms with Gasteiger partial charge in [-0.1, -0.05) is 18.2 Å². The van der Waals surface area contributed by atoms with Gasteiger partial charge in [0.1, 0.15) is 11.0 Å². The van der Waals surface area contributed by atoms with Gasteiger partial charge in [-0.05, 0) is 24.3 Å². The molecule has 0 unspecified atom stereocenters. The molecule has 3 aromatic rings. The number of anilines is 1. The number of fused-ring (bicyclic) bond motifs is 2. The third-order valence-electron chi connectivity index (χ3n) is 3.36. The van der Waals surface area contributed by atoms with Crippen molar-refractivity contribution in [2.24, 2.45) is 0 Å². The second-order valence-corrected chi connectivity index (χ2v) is 4.46. The van der Waals surface area contributed by atoms with Gasteiger partial charge in [0.15, 0.2) is 0 Å². The summed E-state index contributed by atoms with van der Waals surface area (Å²) in [5.74, 6) is -0.665. The standard InChI is InChI=1S/C14H8N4O2/c19-13-8-4-1-2-5-9(8)14(20)18(13)11-7-3-6-10-12(11)16-17-15-10/h1-7H,(H,15,16,17). The molecule has 0 fully saturated rings. The van der Waals surface area contributed by atoms with Gasteiger partial charge in [-0.3, -0.25) is 9.59 Å². The molecule has 6 heteroatoms. The van der Waals surface area contributed by atoms with Crippen LogP contribution >= 0.6 is 0 Å². The second kappa shape index (κ2) is 3.74. The predicted molar refractivity (Wildman–Crippen MR) is 71.5 cm³/mol. The molecule has 20 heavy (non-hydrogen) atoms. The van der Waals surface area contributed by atoms with Gasteiger partial charge in [0.25, 0.3) is 11.8 Å². The van der Waals surface area contributed by atoms with Gasteiger partial charge in [-0.25, -0.2) is 4.90 Å². The maximum absolute atomic E-state index is 12.4. The number of nitrogens with zero attached hydrogens (tertiary/aromatic N) is 3. The lowest BCUT2D eigenvalue weighted by Gasteiger charge is -2.13. The molecule has 0 atom stereocenters. The zero-order valence-electron chi connectivity index (χ0n) is 10.2. The summed E-state index contributed by atoms with van der Waals surface area (Å²) in [5, 5.41) is 10.5. The number of imide groups is 1. The van der Waals surface area contributed by atoms with Gasteiger partial charge in [0.2, 0.25) is 0 Å². The molecule has 2 heterocycles. The third-order valence-corrected chi connectivity index (χ3v) is 3.36. The van der Waals surface area contributed by atoms with E-state index >= 15 is 0 Å². The van der Waals surface area contributed by atoms with Crippen LogP contribution in [0.3, 0.4) is 0 Å². The lowest BCUT2D eigenvalue weighted by Crippen LogP contribution is -2.29. The van der Waals surface area contributed by atoms with Crippen LogP contribution in [0.1, 0.15) is 20.7 Å². The minimum absolute atomic E-state index is 0.332. The molecule has 2 aromatic carbocycles. The third kappa shape index (κ3) is 1.27. The molecular formula is C14H8N4O2. The first-order valence-electron chi connectivity index (χ1n) is 6.04. The fourth-order valence-corrected chi connectivity index (χ4v) is 2.44. The number of hydrogen-bond donors (Lipinski definition) is 1. The largest absolute Gasteiger partial charge is 0.268 e. The molecule has 96 valence electrons. The minimum Gasteiger partial charge on any atom is -0.268 e. The molecule has 6 nitrogen and oxygen atoms in total. The molecule has 1 aromatic heterocycles. The summed E-state index contributed by atoms with van der Waals surface area (Å²) in [7, 11) is 0. The number of carbonyl (C=O) groups is 2. The highest BCUT2D eigenvalue weighted by molar-refractivity contribution is 6.35. The average molecular weight is 264 g/mol. The van der Waals surface area contributed by atoms with Crippen molar-refractivity contribution in [2.45, 2.75) is 0 Å². The van der Waals surface area contributed by atoms with Crippen LogP contribution in [-0.4, -0.2) is 27.2 Å². The minimum atomic E-state index is -0.332. The van der Waals surface area contributed by atoms with Gasteiger partial charge in [-0.15, -0.1) is 0 Å². The van der Waals surface area contributed by atoms with Gasteiger partial charge in [0, 0.05) is 0 Å². The smallest absolute Gasteiger partial charge is 0.266 e. The van der Waals surface area contributed by atoms with Gasteiger partial charge in [-0.2, -0.15) is 15.4 Å². The number of nitrogens with one attached hydrogen (secondary N) is 1. The first-order chi connectivity index (χ1) is 9.77. The summed E-state index contributed by atoms with van der Waals surface area (Å²) in [6, 6.07) is 12.0. The Labute approximate surface area is 113 Å². The van der Waals surface area contributed by atoms with E-state index in [9.17, 15) is 9.59 Å². The highest BCUT2D eigenvalue weighted by Crippen LogP contribution is 2.31. The first-order valence-corrected chi connectivity index (χ1v) is 6.04. The van der Waals surface area contributed by atoms with Gasteiger partial charge < -0.3 is 0 Å². The van der Waals surface area contributed by atoms with Crippen molar-refractivity contribution in [1.29, 1.82) is 0 Å². The van der Waals surface area contributed by atoms with Crippen LogP contribution < -0.4 is 4.90 Å². The van der Waals surface area contributed by atoms with Crippen molar-refractivity contribution >= 4 is 28.5 Å². The van der Waals surface area contributed by atoms with Crippen molar-refractivity contribution in [3.8, 4) is 0 Å². The fourth-order valence-electron chi connectivity index (χ4n) is 2.44. The van der Waals surface area contributed by atoms with Crippen molar-refractivity contribution in [2.75, 3.05) is 4.90 Å². The molecule has 0 spiro atoms. The highest BCUT2D eigenvalue weighted by Gasteiger charge is 2.37. The van der Waals surface area contributed by atoms with Crippen LogP contribution in [0, 0.1) is 0 Å². The number of rotatable bonds is 1. The maximum Gasteiger partial charge on any atom is 0.266 e. The molecule has 1 N–H and O–H groups in total.